The zero-order valence-electron chi connectivity index (χ0n) is 15.5. The van der Waals surface area contributed by atoms with E-state index in [0.29, 0.717) is 35.2 Å². The summed E-state index contributed by atoms with van der Waals surface area (Å²) in [5.74, 6) is 0.681. The van der Waals surface area contributed by atoms with Gasteiger partial charge in [-0.25, -0.2) is 14.8 Å². The first kappa shape index (κ1) is 17.7. The number of carbonyl (C=O) groups excluding carboxylic acids is 1. The molecule has 9 nitrogen and oxygen atoms in total. The number of amides is 1. The molecule has 0 unspecified atom stereocenters. The highest BCUT2D eigenvalue weighted by Crippen LogP contribution is 2.28. The summed E-state index contributed by atoms with van der Waals surface area (Å²) < 4.78 is 7.40. The second-order valence-electron chi connectivity index (χ2n) is 7.60. The van der Waals surface area contributed by atoms with E-state index < -0.39 is 0 Å². The van der Waals surface area contributed by atoms with Crippen LogP contribution in [0.3, 0.4) is 0 Å². The third-order valence-corrected chi connectivity index (χ3v) is 4.96. The molecule has 1 aliphatic rings. The number of anilines is 1. The van der Waals surface area contributed by atoms with Crippen molar-refractivity contribution >= 4 is 40.2 Å². The number of rotatable bonds is 2. The number of ether oxygens (including phenoxy) is 1. The molecule has 27 heavy (non-hydrogen) atoms. The van der Waals surface area contributed by atoms with Crippen molar-refractivity contribution in [2.75, 3.05) is 25.0 Å². The summed E-state index contributed by atoms with van der Waals surface area (Å²) in [4.78, 5) is 24.6. The zero-order valence-corrected chi connectivity index (χ0v) is 16.3. The molecule has 0 radical (unpaired) electrons. The summed E-state index contributed by atoms with van der Waals surface area (Å²) in [6.45, 7) is 6.98. The quantitative estimate of drug-likeness (QED) is 0.621. The van der Waals surface area contributed by atoms with Crippen molar-refractivity contribution in [1.82, 2.24) is 29.5 Å². The van der Waals surface area contributed by atoms with E-state index in [1.807, 2.05) is 30.1 Å². The minimum Gasteiger partial charge on any atom is -0.442 e. The van der Waals surface area contributed by atoms with Crippen LogP contribution in [0, 0.1) is 0 Å². The predicted molar refractivity (Wildman–Crippen MR) is 101 cm³/mol. The molecule has 0 bridgehead atoms. The minimum atomic E-state index is -0.329. The predicted octanol–water partition coefficient (Wildman–Crippen LogP) is 2.38. The van der Waals surface area contributed by atoms with Gasteiger partial charge in [0.05, 0.1) is 24.8 Å². The molecule has 142 valence electrons. The van der Waals surface area contributed by atoms with Crippen molar-refractivity contribution in [2.45, 2.75) is 32.4 Å². The van der Waals surface area contributed by atoms with Gasteiger partial charge < -0.3 is 14.5 Å². The van der Waals surface area contributed by atoms with Gasteiger partial charge in [-0.05, 0) is 20.8 Å². The van der Waals surface area contributed by atoms with Crippen LogP contribution in [0.4, 0.5) is 10.6 Å². The van der Waals surface area contributed by atoms with Crippen LogP contribution in [-0.2, 0) is 4.74 Å². The molecular formula is C17H20ClN7O2. The minimum absolute atomic E-state index is 0.189. The molecule has 3 aromatic heterocycles. The Morgan fingerprint density at radius 3 is 2.81 bits per heavy atom. The van der Waals surface area contributed by atoms with Gasteiger partial charge in [-0.2, -0.15) is 0 Å². The lowest BCUT2D eigenvalue weighted by Crippen LogP contribution is -2.55. The number of fused-ring (bicyclic) bond motifs is 3. The number of pyridine rings is 1. The molecule has 4 rings (SSSR count). The van der Waals surface area contributed by atoms with Gasteiger partial charge in [0.2, 0.25) is 5.65 Å². The fraction of sp³-hybridized carbons (Fsp3) is 0.471. The average molecular weight is 390 g/mol. The Balaban J connectivity index is 1.54. The third-order valence-electron chi connectivity index (χ3n) is 4.76. The Labute approximate surface area is 160 Å². The van der Waals surface area contributed by atoms with Crippen molar-refractivity contribution in [2.24, 2.45) is 0 Å². The Morgan fingerprint density at radius 2 is 2.11 bits per heavy atom. The van der Waals surface area contributed by atoms with Crippen LogP contribution in [0.2, 0.25) is 5.15 Å². The first-order valence-corrected chi connectivity index (χ1v) is 8.96. The standard InChI is InChI=1S/C17H20ClN7O2/c1-17(2,3)23(4)16(26)27-10-7-24(8-10)14-15-22-20-9-25(15)12-5-13(18)19-6-11(12)21-14/h5-6,9-10H,7-8H2,1-4H3. The zero-order chi connectivity index (χ0) is 19.3. The van der Waals surface area contributed by atoms with Crippen molar-refractivity contribution in [3.05, 3.63) is 23.7 Å². The average Bonchev–Trinajstić information content (AvgIpc) is 3.06. The maximum Gasteiger partial charge on any atom is 0.410 e. The van der Waals surface area contributed by atoms with E-state index in [1.54, 1.807) is 30.5 Å². The van der Waals surface area contributed by atoms with Crippen molar-refractivity contribution in [3.63, 3.8) is 0 Å². The molecule has 10 heteroatoms. The van der Waals surface area contributed by atoms with Gasteiger partial charge in [-0.3, -0.25) is 4.40 Å². The SMILES string of the molecule is CN(C(=O)OC1CN(c2nc3cnc(Cl)cc3n3cnnc23)C1)C(C)(C)C. The highest BCUT2D eigenvalue weighted by Gasteiger charge is 2.35. The van der Waals surface area contributed by atoms with Crippen molar-refractivity contribution < 1.29 is 9.53 Å². The first-order chi connectivity index (χ1) is 12.7. The number of hydrogen-bond donors (Lipinski definition) is 0. The summed E-state index contributed by atoms with van der Waals surface area (Å²) in [7, 11) is 1.74. The molecule has 1 saturated heterocycles. The maximum absolute atomic E-state index is 12.2. The lowest BCUT2D eigenvalue weighted by molar-refractivity contribution is 0.0365. The van der Waals surface area contributed by atoms with E-state index in [4.69, 9.17) is 16.3 Å². The fourth-order valence-electron chi connectivity index (χ4n) is 2.81. The van der Waals surface area contributed by atoms with Crippen molar-refractivity contribution in [3.8, 4) is 0 Å². The highest BCUT2D eigenvalue weighted by molar-refractivity contribution is 6.29. The van der Waals surface area contributed by atoms with Gasteiger partial charge in [0.15, 0.2) is 5.82 Å². The molecule has 0 aliphatic carbocycles. The monoisotopic (exact) mass is 389 g/mol. The molecule has 0 saturated carbocycles. The lowest BCUT2D eigenvalue weighted by Gasteiger charge is -2.41. The molecule has 0 atom stereocenters. The summed E-state index contributed by atoms with van der Waals surface area (Å²) in [6.07, 6.45) is 2.72. The Hall–Kier alpha value is -2.68. The van der Waals surface area contributed by atoms with Gasteiger partial charge in [0.1, 0.15) is 23.1 Å². The van der Waals surface area contributed by atoms with Crippen LogP contribution in [0.25, 0.3) is 16.7 Å². The number of aromatic nitrogens is 5. The topological polar surface area (TPSA) is 88.8 Å². The van der Waals surface area contributed by atoms with Crippen molar-refractivity contribution in [1.29, 1.82) is 0 Å². The smallest absolute Gasteiger partial charge is 0.410 e. The molecule has 0 aromatic carbocycles. The van der Waals surface area contributed by atoms with Gasteiger partial charge in [-0.1, -0.05) is 11.6 Å². The Kier molecular flexibility index (Phi) is 4.06. The molecule has 0 N–H and O–H groups in total. The second kappa shape index (κ2) is 6.19. The van der Waals surface area contributed by atoms with E-state index in [9.17, 15) is 4.79 Å². The van der Waals surface area contributed by atoms with E-state index in [1.165, 1.54) is 0 Å². The summed E-state index contributed by atoms with van der Waals surface area (Å²) >= 11 is 6.00. The van der Waals surface area contributed by atoms with Gasteiger partial charge in [0.25, 0.3) is 0 Å². The fourth-order valence-corrected chi connectivity index (χ4v) is 2.97. The number of halogens is 1. The Morgan fingerprint density at radius 1 is 1.37 bits per heavy atom. The normalized spacial score (nSPS) is 15.2. The van der Waals surface area contributed by atoms with Gasteiger partial charge >= 0.3 is 6.09 Å². The Bertz CT molecular complexity index is 1020. The summed E-state index contributed by atoms with van der Waals surface area (Å²) in [5.41, 5.74) is 1.81. The van der Waals surface area contributed by atoms with Gasteiger partial charge in [-0.15, -0.1) is 10.2 Å². The van der Waals surface area contributed by atoms with E-state index in [0.717, 1.165) is 5.52 Å². The van der Waals surface area contributed by atoms with Gasteiger partial charge in [0, 0.05) is 18.7 Å². The van der Waals surface area contributed by atoms with Crippen LogP contribution in [0.1, 0.15) is 20.8 Å². The third kappa shape index (κ3) is 3.12. The van der Waals surface area contributed by atoms with E-state index in [2.05, 4.69) is 20.2 Å². The molecule has 1 amide bonds. The largest absolute Gasteiger partial charge is 0.442 e. The van der Waals surface area contributed by atoms with Crippen LogP contribution < -0.4 is 4.90 Å². The van der Waals surface area contributed by atoms with E-state index in [-0.39, 0.29) is 17.7 Å². The molecule has 0 spiro atoms. The first-order valence-electron chi connectivity index (χ1n) is 8.58. The lowest BCUT2D eigenvalue weighted by atomic mass is 10.1. The van der Waals surface area contributed by atoms with Crippen LogP contribution in [0.5, 0.6) is 0 Å². The maximum atomic E-state index is 12.2. The van der Waals surface area contributed by atoms with Crippen LogP contribution in [-0.4, -0.2) is 67.3 Å². The van der Waals surface area contributed by atoms with Crippen LogP contribution in [0.15, 0.2) is 18.6 Å². The molecule has 1 aliphatic heterocycles. The summed E-state index contributed by atoms with van der Waals surface area (Å²) in [5, 5.41) is 8.55. The molecule has 3 aromatic rings. The molecule has 1 fully saturated rings. The van der Waals surface area contributed by atoms with E-state index >= 15 is 0 Å². The number of hydrogen-bond acceptors (Lipinski definition) is 7. The highest BCUT2D eigenvalue weighted by atomic mass is 35.5. The number of carbonyl (C=O) groups is 1. The number of nitrogens with zero attached hydrogens (tertiary/aromatic N) is 7. The second-order valence-corrected chi connectivity index (χ2v) is 7.98. The molecule has 4 heterocycles. The summed E-state index contributed by atoms with van der Waals surface area (Å²) in [6, 6.07) is 1.73. The van der Waals surface area contributed by atoms with Crippen LogP contribution >= 0.6 is 11.6 Å². The molecular weight excluding hydrogens is 370 g/mol.